The number of pyridine rings is 1. The van der Waals surface area contributed by atoms with Crippen LogP contribution in [0.25, 0.3) is 0 Å². The van der Waals surface area contributed by atoms with Gasteiger partial charge in [-0.2, -0.15) is 0 Å². The van der Waals surface area contributed by atoms with Gasteiger partial charge in [0.2, 0.25) is 0 Å². The molecule has 2 aromatic rings. The third-order valence-electron chi connectivity index (χ3n) is 3.26. The predicted octanol–water partition coefficient (Wildman–Crippen LogP) is 2.01. The quantitative estimate of drug-likeness (QED) is 0.795. The zero-order chi connectivity index (χ0) is 13.4. The van der Waals surface area contributed by atoms with Gasteiger partial charge < -0.3 is 10.6 Å². The van der Waals surface area contributed by atoms with E-state index in [1.807, 2.05) is 18.2 Å². The number of fused-ring (bicyclic) bond motifs is 1. The van der Waals surface area contributed by atoms with E-state index in [-0.39, 0.29) is 11.6 Å². The number of aromatic nitrogens is 1. The second-order valence-corrected chi connectivity index (χ2v) is 4.41. The van der Waals surface area contributed by atoms with Gasteiger partial charge in [-0.1, -0.05) is 6.07 Å². The van der Waals surface area contributed by atoms with E-state index in [0.29, 0.717) is 12.2 Å². The fraction of sp³-hybridized carbons (Fsp3) is 0.143. The van der Waals surface area contributed by atoms with Gasteiger partial charge in [-0.05, 0) is 30.7 Å². The Morgan fingerprint density at radius 1 is 1.32 bits per heavy atom. The average molecular weight is 257 g/mol. The van der Waals surface area contributed by atoms with Crippen LogP contribution in [-0.4, -0.2) is 17.4 Å². The van der Waals surface area contributed by atoms with Crippen molar-refractivity contribution in [3.63, 3.8) is 0 Å². The number of nitrogens with zero attached hydrogens (tertiary/aromatic N) is 2. The summed E-state index contributed by atoms with van der Waals surface area (Å²) in [6.07, 6.45) is 1.78. The summed E-state index contributed by atoms with van der Waals surface area (Å²) in [5, 5.41) is 0. The molecule has 1 amide bonds. The minimum absolute atomic E-state index is 0.232. The van der Waals surface area contributed by atoms with Gasteiger partial charge in [0.25, 0.3) is 5.91 Å². The Kier molecular flexibility index (Phi) is 2.67. The molecule has 96 valence electrons. The van der Waals surface area contributed by atoms with Gasteiger partial charge in [0.05, 0.1) is 6.20 Å². The largest absolute Gasteiger partial charge is 0.398 e. The normalized spacial score (nSPS) is 13.4. The Labute approximate surface area is 109 Å². The molecule has 19 heavy (non-hydrogen) atoms. The van der Waals surface area contributed by atoms with Crippen LogP contribution in [0.3, 0.4) is 0 Å². The minimum Gasteiger partial charge on any atom is -0.398 e. The van der Waals surface area contributed by atoms with Crippen LogP contribution >= 0.6 is 0 Å². The Morgan fingerprint density at radius 3 is 2.89 bits per heavy atom. The first-order valence-corrected chi connectivity index (χ1v) is 5.97. The highest BCUT2D eigenvalue weighted by Gasteiger charge is 2.27. The lowest BCUT2D eigenvalue weighted by atomic mass is 10.1. The fourth-order valence-corrected chi connectivity index (χ4v) is 2.31. The molecule has 1 aromatic heterocycles. The minimum atomic E-state index is -0.456. The predicted molar refractivity (Wildman–Crippen MR) is 70.4 cm³/mol. The molecular formula is C14H12FN3O. The molecule has 0 saturated carbocycles. The third-order valence-corrected chi connectivity index (χ3v) is 3.26. The lowest BCUT2D eigenvalue weighted by molar-refractivity contribution is 0.0984. The van der Waals surface area contributed by atoms with E-state index in [4.69, 9.17) is 5.73 Å². The van der Waals surface area contributed by atoms with Crippen LogP contribution in [-0.2, 0) is 6.42 Å². The van der Waals surface area contributed by atoms with Crippen LogP contribution in [0.2, 0.25) is 0 Å². The number of nitrogen functional groups attached to an aromatic ring is 1. The van der Waals surface area contributed by atoms with Crippen molar-refractivity contribution in [1.29, 1.82) is 0 Å². The van der Waals surface area contributed by atoms with Gasteiger partial charge in [-0.3, -0.25) is 4.79 Å². The van der Waals surface area contributed by atoms with E-state index in [1.54, 1.807) is 4.90 Å². The van der Waals surface area contributed by atoms with E-state index in [9.17, 15) is 9.18 Å². The molecule has 0 fully saturated rings. The van der Waals surface area contributed by atoms with Crippen molar-refractivity contribution in [2.45, 2.75) is 6.42 Å². The lowest BCUT2D eigenvalue weighted by Gasteiger charge is -2.16. The summed E-state index contributed by atoms with van der Waals surface area (Å²) in [6, 6.07) is 8.12. The number of nitrogens with two attached hydrogens (primary N) is 1. The van der Waals surface area contributed by atoms with Gasteiger partial charge in [-0.15, -0.1) is 0 Å². The highest BCUT2D eigenvalue weighted by atomic mass is 19.1. The molecule has 0 unspecified atom stereocenters. The summed E-state index contributed by atoms with van der Waals surface area (Å²) < 4.78 is 12.8. The first-order valence-electron chi connectivity index (χ1n) is 5.97. The molecule has 0 bridgehead atoms. The molecule has 1 aliphatic heterocycles. The zero-order valence-corrected chi connectivity index (χ0v) is 10.1. The Balaban J connectivity index is 1.95. The van der Waals surface area contributed by atoms with Gasteiger partial charge in [0.1, 0.15) is 11.5 Å². The van der Waals surface area contributed by atoms with Crippen LogP contribution in [0.15, 0.2) is 36.5 Å². The van der Waals surface area contributed by atoms with Gasteiger partial charge in [0, 0.05) is 23.5 Å². The van der Waals surface area contributed by atoms with E-state index in [1.165, 1.54) is 12.1 Å². The van der Waals surface area contributed by atoms with Crippen molar-refractivity contribution in [3.8, 4) is 0 Å². The summed E-state index contributed by atoms with van der Waals surface area (Å²) in [6.45, 7) is 0.571. The molecule has 0 saturated heterocycles. The molecule has 1 aliphatic rings. The maximum atomic E-state index is 12.8. The van der Waals surface area contributed by atoms with E-state index >= 15 is 0 Å². The highest BCUT2D eigenvalue weighted by molar-refractivity contribution is 6.06. The first-order chi connectivity index (χ1) is 9.16. The van der Waals surface area contributed by atoms with Crippen molar-refractivity contribution < 1.29 is 9.18 Å². The second kappa shape index (κ2) is 4.35. The van der Waals surface area contributed by atoms with Crippen molar-refractivity contribution in [2.75, 3.05) is 17.2 Å². The molecule has 4 nitrogen and oxygen atoms in total. The van der Waals surface area contributed by atoms with Gasteiger partial charge in [-0.25, -0.2) is 9.37 Å². The molecule has 0 atom stereocenters. The number of amides is 1. The monoisotopic (exact) mass is 257 g/mol. The summed E-state index contributed by atoms with van der Waals surface area (Å²) in [4.78, 5) is 17.8. The van der Waals surface area contributed by atoms with Crippen molar-refractivity contribution in [1.82, 2.24) is 4.98 Å². The molecule has 2 N–H and O–H groups in total. The average Bonchev–Trinajstić information content (AvgIpc) is 2.84. The number of anilines is 2. The first kappa shape index (κ1) is 11.6. The van der Waals surface area contributed by atoms with Crippen molar-refractivity contribution in [3.05, 3.63) is 53.6 Å². The fourth-order valence-electron chi connectivity index (χ4n) is 2.31. The maximum Gasteiger partial charge on any atom is 0.276 e. The molecular weight excluding hydrogens is 245 g/mol. The molecule has 1 aromatic carbocycles. The van der Waals surface area contributed by atoms with Crippen molar-refractivity contribution >= 4 is 17.3 Å². The van der Waals surface area contributed by atoms with Crippen LogP contribution in [0, 0.1) is 5.82 Å². The standard InChI is InChI=1S/C14H12FN3O/c15-9-4-5-12(17-8-9)14(19)18-7-6-10-11(16)2-1-3-13(10)18/h1-5,8H,6-7,16H2. The third kappa shape index (κ3) is 1.93. The molecule has 0 spiro atoms. The Hall–Kier alpha value is -2.43. The molecule has 0 aliphatic carbocycles. The molecule has 2 heterocycles. The number of rotatable bonds is 1. The Morgan fingerprint density at radius 2 is 2.16 bits per heavy atom. The maximum absolute atomic E-state index is 12.8. The zero-order valence-electron chi connectivity index (χ0n) is 10.1. The van der Waals surface area contributed by atoms with E-state index in [0.717, 1.165) is 23.9 Å². The number of hydrogen-bond acceptors (Lipinski definition) is 3. The van der Waals surface area contributed by atoms with Gasteiger partial charge >= 0.3 is 0 Å². The topological polar surface area (TPSA) is 59.2 Å². The summed E-state index contributed by atoms with van der Waals surface area (Å²) >= 11 is 0. The molecule has 5 heteroatoms. The highest BCUT2D eigenvalue weighted by Crippen LogP contribution is 2.32. The smallest absolute Gasteiger partial charge is 0.276 e. The van der Waals surface area contributed by atoms with E-state index < -0.39 is 5.82 Å². The number of halogens is 1. The number of hydrogen-bond donors (Lipinski definition) is 1. The summed E-state index contributed by atoms with van der Waals surface area (Å²) in [5.41, 5.74) is 8.62. The summed E-state index contributed by atoms with van der Waals surface area (Å²) in [5.74, 6) is -0.688. The molecule has 0 radical (unpaired) electrons. The molecule has 3 rings (SSSR count). The number of carbonyl (C=O) groups is 1. The van der Waals surface area contributed by atoms with Crippen LogP contribution < -0.4 is 10.6 Å². The Bertz CT molecular complexity index is 640. The number of carbonyl (C=O) groups excluding carboxylic acids is 1. The van der Waals surface area contributed by atoms with E-state index in [2.05, 4.69) is 4.98 Å². The van der Waals surface area contributed by atoms with Crippen LogP contribution in [0.4, 0.5) is 15.8 Å². The van der Waals surface area contributed by atoms with Crippen LogP contribution in [0.1, 0.15) is 16.1 Å². The van der Waals surface area contributed by atoms with Gasteiger partial charge in [0.15, 0.2) is 0 Å². The second-order valence-electron chi connectivity index (χ2n) is 4.41. The number of benzene rings is 1. The summed E-state index contributed by atoms with van der Waals surface area (Å²) in [7, 11) is 0. The van der Waals surface area contributed by atoms with Crippen molar-refractivity contribution in [2.24, 2.45) is 0 Å². The lowest BCUT2D eigenvalue weighted by Crippen LogP contribution is -2.29. The van der Waals surface area contributed by atoms with Crippen LogP contribution in [0.5, 0.6) is 0 Å². The SMILES string of the molecule is Nc1cccc2c1CCN2C(=O)c1ccc(F)cn1.